The van der Waals surface area contributed by atoms with Crippen molar-refractivity contribution in [1.82, 2.24) is 4.57 Å². The van der Waals surface area contributed by atoms with Crippen molar-refractivity contribution in [3.63, 3.8) is 0 Å². The maximum atomic E-state index is 12.0. The molecule has 1 heterocycles. The van der Waals surface area contributed by atoms with E-state index >= 15 is 0 Å². The summed E-state index contributed by atoms with van der Waals surface area (Å²) in [6.45, 7) is 4.40. The van der Waals surface area contributed by atoms with E-state index in [1.54, 1.807) is 21.1 Å². The lowest BCUT2D eigenvalue weighted by molar-refractivity contribution is 0.0496. The number of aryl methyl sites for hydroxylation is 1. The van der Waals surface area contributed by atoms with Gasteiger partial charge in [0, 0.05) is 12.5 Å². The second kappa shape index (κ2) is 5.96. The number of carbonyl (C=O) groups excluding carboxylic acids is 1. The number of ether oxygens (including phenoxy) is 3. The SMILES string of the molecule is CCOC(=O)c1cc2cc(OC)cc(C)c2n1COC. The van der Waals surface area contributed by atoms with Gasteiger partial charge in [0.2, 0.25) is 0 Å². The minimum atomic E-state index is -0.348. The van der Waals surface area contributed by atoms with Gasteiger partial charge in [0.25, 0.3) is 0 Å². The predicted octanol–water partition coefficient (Wildman–Crippen LogP) is 2.74. The molecular weight excluding hydrogens is 258 g/mol. The number of hydrogen-bond donors (Lipinski definition) is 0. The molecule has 0 bridgehead atoms. The summed E-state index contributed by atoms with van der Waals surface area (Å²) in [5, 5.41) is 0.932. The molecule has 1 aromatic carbocycles. The van der Waals surface area contributed by atoms with Crippen LogP contribution in [0.15, 0.2) is 18.2 Å². The number of carbonyl (C=O) groups is 1. The van der Waals surface area contributed by atoms with Crippen LogP contribution < -0.4 is 4.74 Å². The molecule has 0 unspecified atom stereocenters. The first-order chi connectivity index (χ1) is 9.62. The van der Waals surface area contributed by atoms with E-state index in [4.69, 9.17) is 14.2 Å². The number of esters is 1. The molecule has 0 saturated carbocycles. The molecule has 0 N–H and O–H groups in total. The monoisotopic (exact) mass is 277 g/mol. The number of hydrogen-bond acceptors (Lipinski definition) is 4. The van der Waals surface area contributed by atoms with Crippen LogP contribution in [0.1, 0.15) is 23.0 Å². The molecular formula is C15H19NO4. The van der Waals surface area contributed by atoms with Crippen LogP contribution in [0.4, 0.5) is 0 Å². The molecule has 0 amide bonds. The average Bonchev–Trinajstić information content (AvgIpc) is 2.78. The van der Waals surface area contributed by atoms with Crippen LogP contribution >= 0.6 is 0 Å². The second-order valence-electron chi connectivity index (χ2n) is 4.48. The topological polar surface area (TPSA) is 49.7 Å². The molecule has 0 aliphatic carbocycles. The van der Waals surface area contributed by atoms with E-state index in [1.807, 2.05) is 29.7 Å². The standard InChI is InChI=1S/C15H19NO4/c1-5-20-15(17)13-8-11-7-12(19-4)6-10(2)14(11)16(13)9-18-3/h6-8H,5,9H2,1-4H3. The Labute approximate surface area is 118 Å². The molecule has 5 nitrogen and oxygen atoms in total. The van der Waals surface area contributed by atoms with Crippen LogP contribution in [-0.2, 0) is 16.2 Å². The molecule has 5 heteroatoms. The second-order valence-corrected chi connectivity index (χ2v) is 4.48. The highest BCUT2D eigenvalue weighted by molar-refractivity contribution is 5.97. The number of rotatable bonds is 5. The smallest absolute Gasteiger partial charge is 0.355 e. The van der Waals surface area contributed by atoms with Crippen LogP contribution in [0, 0.1) is 6.92 Å². The van der Waals surface area contributed by atoms with Crippen LogP contribution in [0.5, 0.6) is 5.75 Å². The third-order valence-corrected chi connectivity index (χ3v) is 3.13. The van der Waals surface area contributed by atoms with E-state index in [-0.39, 0.29) is 5.97 Å². The lowest BCUT2D eigenvalue weighted by Crippen LogP contribution is -2.13. The Kier molecular flexibility index (Phi) is 4.29. The molecule has 0 atom stereocenters. The molecule has 0 fully saturated rings. The maximum Gasteiger partial charge on any atom is 0.355 e. The van der Waals surface area contributed by atoms with Crippen molar-refractivity contribution in [2.45, 2.75) is 20.6 Å². The number of aromatic nitrogens is 1. The van der Waals surface area contributed by atoms with E-state index in [0.717, 1.165) is 22.2 Å². The van der Waals surface area contributed by atoms with Crippen molar-refractivity contribution in [1.29, 1.82) is 0 Å². The van der Waals surface area contributed by atoms with Crippen molar-refractivity contribution in [3.8, 4) is 5.75 Å². The fourth-order valence-corrected chi connectivity index (χ4v) is 2.35. The molecule has 0 spiro atoms. The molecule has 0 radical (unpaired) electrons. The maximum absolute atomic E-state index is 12.0. The van der Waals surface area contributed by atoms with Crippen LogP contribution in [0.3, 0.4) is 0 Å². The third kappa shape index (κ3) is 2.49. The van der Waals surface area contributed by atoms with Gasteiger partial charge >= 0.3 is 5.97 Å². The van der Waals surface area contributed by atoms with Gasteiger partial charge in [0.05, 0.1) is 19.2 Å². The predicted molar refractivity (Wildman–Crippen MR) is 76.2 cm³/mol. The van der Waals surface area contributed by atoms with Crippen molar-refractivity contribution in [2.24, 2.45) is 0 Å². The summed E-state index contributed by atoms with van der Waals surface area (Å²) >= 11 is 0. The average molecular weight is 277 g/mol. The number of methoxy groups -OCH3 is 2. The minimum Gasteiger partial charge on any atom is -0.497 e. The van der Waals surface area contributed by atoms with Gasteiger partial charge in [0.1, 0.15) is 18.2 Å². The Balaban J connectivity index is 2.65. The van der Waals surface area contributed by atoms with Gasteiger partial charge in [-0.15, -0.1) is 0 Å². The Hall–Kier alpha value is -2.01. The molecule has 1 aromatic heterocycles. The number of benzene rings is 1. The van der Waals surface area contributed by atoms with Crippen molar-refractivity contribution in [2.75, 3.05) is 20.8 Å². The summed E-state index contributed by atoms with van der Waals surface area (Å²) in [6.07, 6.45) is 0. The van der Waals surface area contributed by atoms with E-state index in [9.17, 15) is 4.79 Å². The summed E-state index contributed by atoms with van der Waals surface area (Å²) in [6, 6.07) is 5.64. The van der Waals surface area contributed by atoms with Crippen LogP contribution in [0.2, 0.25) is 0 Å². The first kappa shape index (κ1) is 14.4. The van der Waals surface area contributed by atoms with Crippen molar-refractivity contribution >= 4 is 16.9 Å². The van der Waals surface area contributed by atoms with Gasteiger partial charge in [0.15, 0.2) is 0 Å². The van der Waals surface area contributed by atoms with Gasteiger partial charge in [-0.1, -0.05) is 0 Å². The van der Waals surface area contributed by atoms with Crippen molar-refractivity contribution < 1.29 is 19.0 Å². The molecule has 20 heavy (non-hydrogen) atoms. The summed E-state index contributed by atoms with van der Waals surface area (Å²) in [5.74, 6) is 0.416. The highest BCUT2D eigenvalue weighted by atomic mass is 16.5. The normalized spacial score (nSPS) is 10.8. The Morgan fingerprint density at radius 1 is 1.25 bits per heavy atom. The fourth-order valence-electron chi connectivity index (χ4n) is 2.35. The Bertz CT molecular complexity index is 630. The first-order valence-corrected chi connectivity index (χ1v) is 6.46. The molecule has 2 rings (SSSR count). The first-order valence-electron chi connectivity index (χ1n) is 6.46. The largest absolute Gasteiger partial charge is 0.497 e. The van der Waals surface area contributed by atoms with E-state index in [2.05, 4.69) is 0 Å². The summed E-state index contributed by atoms with van der Waals surface area (Å²) in [5.41, 5.74) is 2.46. The summed E-state index contributed by atoms with van der Waals surface area (Å²) in [7, 11) is 3.22. The number of fused-ring (bicyclic) bond motifs is 1. The quantitative estimate of drug-likeness (QED) is 0.788. The zero-order valence-electron chi connectivity index (χ0n) is 12.2. The zero-order valence-corrected chi connectivity index (χ0v) is 12.2. The summed E-state index contributed by atoms with van der Waals surface area (Å²) < 4.78 is 17.4. The molecule has 0 aliphatic rings. The van der Waals surface area contributed by atoms with Crippen molar-refractivity contribution in [3.05, 3.63) is 29.5 Å². The molecule has 2 aromatic rings. The lowest BCUT2D eigenvalue weighted by atomic mass is 10.1. The zero-order chi connectivity index (χ0) is 14.7. The van der Waals surface area contributed by atoms with E-state index < -0.39 is 0 Å². The van der Waals surface area contributed by atoms with Crippen LogP contribution in [-0.4, -0.2) is 31.4 Å². The molecule has 0 saturated heterocycles. The van der Waals surface area contributed by atoms with Gasteiger partial charge < -0.3 is 18.8 Å². The number of nitrogens with zero attached hydrogens (tertiary/aromatic N) is 1. The van der Waals surface area contributed by atoms with E-state index in [1.165, 1.54) is 0 Å². The third-order valence-electron chi connectivity index (χ3n) is 3.13. The van der Waals surface area contributed by atoms with Crippen LogP contribution in [0.25, 0.3) is 10.9 Å². The van der Waals surface area contributed by atoms with Gasteiger partial charge in [-0.25, -0.2) is 4.79 Å². The Morgan fingerprint density at radius 3 is 2.60 bits per heavy atom. The fraction of sp³-hybridized carbons (Fsp3) is 0.400. The summed E-state index contributed by atoms with van der Waals surface area (Å²) in [4.78, 5) is 12.0. The minimum absolute atomic E-state index is 0.296. The lowest BCUT2D eigenvalue weighted by Gasteiger charge is -2.11. The van der Waals surface area contributed by atoms with Gasteiger partial charge in [-0.2, -0.15) is 0 Å². The highest BCUT2D eigenvalue weighted by Crippen LogP contribution is 2.28. The van der Waals surface area contributed by atoms with E-state index in [0.29, 0.717) is 19.0 Å². The Morgan fingerprint density at radius 2 is 2.00 bits per heavy atom. The molecule has 108 valence electrons. The van der Waals surface area contributed by atoms with Gasteiger partial charge in [-0.3, -0.25) is 0 Å². The van der Waals surface area contributed by atoms with Gasteiger partial charge in [-0.05, 0) is 37.6 Å². The highest BCUT2D eigenvalue weighted by Gasteiger charge is 2.18. The molecule has 0 aliphatic heterocycles.